The minimum Gasteiger partial charge on any atom is -0.292 e. The van der Waals surface area contributed by atoms with Gasteiger partial charge in [0.2, 0.25) is 0 Å². The molecule has 2 atom stereocenters. The van der Waals surface area contributed by atoms with Crippen LogP contribution in [0.4, 0.5) is 0 Å². The van der Waals surface area contributed by atoms with Gasteiger partial charge in [-0.1, -0.05) is 12.8 Å². The van der Waals surface area contributed by atoms with Crippen LogP contribution in [0.3, 0.4) is 0 Å². The first kappa shape index (κ1) is 6.18. The lowest BCUT2D eigenvalue weighted by atomic mass is 9.99. The molecule has 0 heterocycles. The summed E-state index contributed by atoms with van der Waals surface area (Å²) in [6.07, 6.45) is 2.51. The van der Waals surface area contributed by atoms with Gasteiger partial charge in [-0.25, -0.2) is 0 Å². The highest BCUT2D eigenvalue weighted by Crippen LogP contribution is 2.32. The van der Waals surface area contributed by atoms with Gasteiger partial charge in [0.15, 0.2) is 0 Å². The Morgan fingerprint density at radius 1 is 1.60 bits per heavy atom. The Kier molecular flexibility index (Phi) is 1.60. The molecule has 0 N–H and O–H groups in total. The van der Waals surface area contributed by atoms with Crippen LogP contribution in [0.15, 0.2) is 0 Å². The fourth-order valence-corrected chi connectivity index (χ4v) is 1.42. The van der Waals surface area contributed by atoms with Crippen LogP contribution < -0.4 is 0 Å². The normalized spacial score (nSPS) is 41.4. The third kappa shape index (κ3) is 1.02. The second kappa shape index (κ2) is 2.59. The molecule has 0 aromatic heterocycles. The van der Waals surface area contributed by atoms with E-state index in [2.05, 4.69) is 6.07 Å². The van der Waals surface area contributed by atoms with E-state index in [-0.39, 0.29) is 6.40 Å². The molecule has 0 aromatic carbocycles. The zero-order valence-corrected chi connectivity index (χ0v) is 6.59. The van der Waals surface area contributed by atoms with E-state index >= 15 is 0 Å². The van der Waals surface area contributed by atoms with Gasteiger partial charge in [0, 0.05) is 1.37 Å². The number of nitrogens with zero attached hydrogens (tertiary/aromatic N) is 2. The lowest BCUT2D eigenvalue weighted by molar-refractivity contribution is 0.222. The summed E-state index contributed by atoms with van der Waals surface area (Å²) in [6, 6.07) is 2.27. The molecular weight excluding hydrogens is 124 g/mol. The SMILES string of the molecule is [2H]C1CCCC1(C#N)N(C)C. The molecule has 2 unspecified atom stereocenters. The van der Waals surface area contributed by atoms with Gasteiger partial charge in [-0.15, -0.1) is 0 Å². The zero-order chi connectivity index (χ0) is 8.48. The summed E-state index contributed by atoms with van der Waals surface area (Å²) in [5, 5.41) is 8.95. The second-order valence-corrected chi connectivity index (χ2v) is 3.03. The Labute approximate surface area is 63.8 Å². The van der Waals surface area contributed by atoms with E-state index in [9.17, 15) is 0 Å². The highest BCUT2D eigenvalue weighted by atomic mass is 15.1. The molecule has 0 aliphatic heterocycles. The summed E-state index contributed by atoms with van der Waals surface area (Å²) >= 11 is 0. The Balaban J connectivity index is 2.84. The maximum atomic E-state index is 8.95. The van der Waals surface area contributed by atoms with Gasteiger partial charge in [-0.05, 0) is 26.9 Å². The van der Waals surface area contributed by atoms with Gasteiger partial charge >= 0.3 is 0 Å². The van der Waals surface area contributed by atoms with Crippen LogP contribution in [-0.4, -0.2) is 24.5 Å². The predicted molar refractivity (Wildman–Crippen MR) is 40.5 cm³/mol. The Morgan fingerprint density at radius 2 is 2.30 bits per heavy atom. The van der Waals surface area contributed by atoms with Gasteiger partial charge < -0.3 is 0 Å². The molecule has 0 radical (unpaired) electrons. The number of hydrogen-bond acceptors (Lipinski definition) is 2. The van der Waals surface area contributed by atoms with Crippen molar-refractivity contribution in [1.29, 1.82) is 5.26 Å². The van der Waals surface area contributed by atoms with Crippen molar-refractivity contribution in [1.82, 2.24) is 4.90 Å². The fraction of sp³-hybridized carbons (Fsp3) is 0.875. The topological polar surface area (TPSA) is 27.0 Å². The number of rotatable bonds is 1. The second-order valence-electron chi connectivity index (χ2n) is 3.03. The predicted octanol–water partition coefficient (Wildman–Crippen LogP) is 1.38. The van der Waals surface area contributed by atoms with Crippen molar-refractivity contribution in [2.24, 2.45) is 0 Å². The van der Waals surface area contributed by atoms with Crippen LogP contribution in [0.1, 0.15) is 27.0 Å². The molecule has 1 rings (SSSR count). The van der Waals surface area contributed by atoms with Crippen molar-refractivity contribution in [3.8, 4) is 6.07 Å². The van der Waals surface area contributed by atoms with Gasteiger partial charge in [0.25, 0.3) is 0 Å². The summed E-state index contributed by atoms with van der Waals surface area (Å²) in [7, 11) is 3.77. The minimum atomic E-state index is -0.500. The number of nitriles is 1. The van der Waals surface area contributed by atoms with Crippen LogP contribution in [-0.2, 0) is 0 Å². The summed E-state index contributed by atoms with van der Waals surface area (Å²) in [6.45, 7) is 0. The van der Waals surface area contributed by atoms with Crippen molar-refractivity contribution in [3.63, 3.8) is 0 Å². The summed E-state index contributed by atoms with van der Waals surface area (Å²) in [4.78, 5) is 1.89. The molecule has 2 nitrogen and oxygen atoms in total. The zero-order valence-electron chi connectivity index (χ0n) is 7.59. The van der Waals surface area contributed by atoms with E-state index in [0.717, 1.165) is 19.3 Å². The molecule has 1 saturated carbocycles. The van der Waals surface area contributed by atoms with Crippen molar-refractivity contribution in [2.75, 3.05) is 14.1 Å². The maximum absolute atomic E-state index is 8.95. The highest BCUT2D eigenvalue weighted by molar-refractivity contribution is 5.09. The third-order valence-corrected chi connectivity index (χ3v) is 2.24. The van der Waals surface area contributed by atoms with Crippen LogP contribution in [0, 0.1) is 11.3 Å². The molecule has 56 valence electrons. The summed E-state index contributed by atoms with van der Waals surface area (Å²) in [5.74, 6) is 0. The first-order chi connectivity index (χ1) is 5.13. The largest absolute Gasteiger partial charge is 0.292 e. The summed E-state index contributed by atoms with van der Waals surface area (Å²) < 4.78 is 7.70. The fourth-order valence-electron chi connectivity index (χ4n) is 1.42. The van der Waals surface area contributed by atoms with E-state index in [1.165, 1.54) is 0 Å². The highest BCUT2D eigenvalue weighted by Gasteiger charge is 2.35. The van der Waals surface area contributed by atoms with Gasteiger partial charge in [-0.3, -0.25) is 4.90 Å². The third-order valence-electron chi connectivity index (χ3n) is 2.24. The first-order valence-corrected chi connectivity index (χ1v) is 3.64. The molecule has 0 amide bonds. The molecule has 0 spiro atoms. The smallest absolute Gasteiger partial charge is 0.108 e. The van der Waals surface area contributed by atoms with Crippen molar-refractivity contribution < 1.29 is 1.37 Å². The lowest BCUT2D eigenvalue weighted by Crippen LogP contribution is -2.39. The molecule has 0 aromatic rings. The van der Waals surface area contributed by atoms with Crippen molar-refractivity contribution in [3.05, 3.63) is 0 Å². The van der Waals surface area contributed by atoms with Crippen molar-refractivity contribution in [2.45, 2.75) is 31.2 Å². The van der Waals surface area contributed by atoms with Crippen LogP contribution >= 0.6 is 0 Å². The average Bonchev–Trinajstić information content (AvgIpc) is 2.32. The lowest BCUT2D eigenvalue weighted by Gasteiger charge is -2.28. The van der Waals surface area contributed by atoms with E-state index in [0.29, 0.717) is 0 Å². The summed E-state index contributed by atoms with van der Waals surface area (Å²) in [5.41, 5.74) is -0.500. The molecule has 0 saturated heterocycles. The van der Waals surface area contributed by atoms with Gasteiger partial charge in [-0.2, -0.15) is 5.26 Å². The molecule has 10 heavy (non-hydrogen) atoms. The van der Waals surface area contributed by atoms with E-state index in [4.69, 9.17) is 6.63 Å². The molecule has 1 aliphatic carbocycles. The van der Waals surface area contributed by atoms with Gasteiger partial charge in [0.05, 0.1) is 6.07 Å². The molecule has 0 bridgehead atoms. The quantitative estimate of drug-likeness (QED) is 0.549. The Morgan fingerprint density at radius 3 is 2.50 bits per heavy atom. The van der Waals surface area contributed by atoms with Crippen LogP contribution in [0.5, 0.6) is 0 Å². The van der Waals surface area contributed by atoms with E-state index < -0.39 is 5.54 Å². The van der Waals surface area contributed by atoms with Crippen LogP contribution in [0.2, 0.25) is 0 Å². The Bertz CT molecular complexity index is 185. The van der Waals surface area contributed by atoms with E-state index in [1.54, 1.807) is 0 Å². The maximum Gasteiger partial charge on any atom is 0.108 e. The van der Waals surface area contributed by atoms with Crippen molar-refractivity contribution >= 4 is 0 Å². The average molecular weight is 139 g/mol. The molecule has 1 aliphatic rings. The monoisotopic (exact) mass is 139 g/mol. The first-order valence-electron chi connectivity index (χ1n) is 4.22. The Hall–Kier alpha value is -0.550. The molecule has 2 heteroatoms. The molecule has 1 fully saturated rings. The number of hydrogen-bond donors (Lipinski definition) is 0. The minimum absolute atomic E-state index is 0.220. The molecular formula is C8H14N2. The van der Waals surface area contributed by atoms with Gasteiger partial charge in [0.1, 0.15) is 5.54 Å². The van der Waals surface area contributed by atoms with Crippen LogP contribution in [0.25, 0.3) is 0 Å². The standard InChI is InChI=1S/C8H14N2/c1-10(2)8(7-9)5-3-4-6-8/h3-6H2,1-2H3/i5D. The van der Waals surface area contributed by atoms with E-state index in [1.807, 2.05) is 19.0 Å².